The van der Waals surface area contributed by atoms with E-state index in [0.29, 0.717) is 41.1 Å². The van der Waals surface area contributed by atoms with Crippen molar-refractivity contribution in [3.8, 4) is 45.2 Å². The molecular formula is C36H29FN8O2. The van der Waals surface area contributed by atoms with Gasteiger partial charge in [0.05, 0.1) is 42.7 Å². The molecule has 3 fully saturated rings. The Morgan fingerprint density at radius 1 is 0.915 bits per heavy atom. The first kappa shape index (κ1) is 28.5. The van der Waals surface area contributed by atoms with Gasteiger partial charge in [-0.15, -0.1) is 0 Å². The average Bonchev–Trinajstić information content (AvgIpc) is 3.74. The minimum absolute atomic E-state index is 0.0440. The van der Waals surface area contributed by atoms with Crippen molar-refractivity contribution >= 4 is 17.2 Å². The number of carbonyl (C=O) groups excluding carboxylic acids is 1. The molecule has 6 aromatic rings. The van der Waals surface area contributed by atoms with E-state index in [1.54, 1.807) is 58.0 Å². The SMILES string of the molecule is COc1ccc(C(=O)N2C3CC2CN(c2ccc(-c4cc(-c5cnn(C)c5)cn5ncc(C#N)c45)cn2)C3)cc1-c1ccccc1F. The molecule has 0 N–H and O–H groups in total. The molecule has 0 saturated carbocycles. The number of amides is 1. The van der Waals surface area contributed by atoms with E-state index >= 15 is 0 Å². The summed E-state index contributed by atoms with van der Waals surface area (Å²) in [7, 11) is 3.41. The number of carbonyl (C=O) groups is 1. The number of aromatic nitrogens is 5. The lowest BCUT2D eigenvalue weighted by Crippen LogP contribution is -2.70. The van der Waals surface area contributed by atoms with E-state index in [2.05, 4.69) is 21.2 Å². The number of rotatable bonds is 6. The molecule has 7 heterocycles. The van der Waals surface area contributed by atoms with Crippen molar-refractivity contribution in [1.82, 2.24) is 29.3 Å². The van der Waals surface area contributed by atoms with Gasteiger partial charge < -0.3 is 14.5 Å². The van der Waals surface area contributed by atoms with E-state index in [1.165, 1.54) is 13.2 Å². The Hall–Kier alpha value is -6.02. The van der Waals surface area contributed by atoms with Crippen LogP contribution in [0.3, 0.4) is 0 Å². The van der Waals surface area contributed by atoms with Gasteiger partial charge in [-0.1, -0.05) is 18.2 Å². The number of piperidine rings is 1. The van der Waals surface area contributed by atoms with Crippen LogP contribution >= 0.6 is 0 Å². The van der Waals surface area contributed by atoms with Crippen LogP contribution in [0, 0.1) is 17.1 Å². The van der Waals surface area contributed by atoms with E-state index in [9.17, 15) is 14.4 Å². The van der Waals surface area contributed by atoms with Crippen LogP contribution in [0.15, 0.2) is 91.6 Å². The van der Waals surface area contributed by atoms with Gasteiger partial charge in [0.2, 0.25) is 0 Å². The topological polar surface area (TPSA) is 105 Å². The number of anilines is 1. The number of ether oxygens (including phenoxy) is 1. The third-order valence-electron chi connectivity index (χ3n) is 9.19. The highest BCUT2D eigenvalue weighted by Gasteiger charge is 2.47. The molecule has 1 amide bonds. The number of aryl methyl sites for hydroxylation is 1. The van der Waals surface area contributed by atoms with Crippen molar-refractivity contribution in [2.75, 3.05) is 25.1 Å². The maximum absolute atomic E-state index is 14.7. The quantitative estimate of drug-likeness (QED) is 0.238. The minimum Gasteiger partial charge on any atom is -0.496 e. The molecule has 3 aliphatic heterocycles. The monoisotopic (exact) mass is 624 g/mol. The first-order valence-corrected chi connectivity index (χ1v) is 15.3. The molecule has 232 valence electrons. The first-order chi connectivity index (χ1) is 22.9. The van der Waals surface area contributed by atoms with Gasteiger partial charge in [-0.3, -0.25) is 9.48 Å². The smallest absolute Gasteiger partial charge is 0.254 e. The second-order valence-corrected chi connectivity index (χ2v) is 12.0. The molecule has 9 rings (SSSR count). The maximum Gasteiger partial charge on any atom is 0.254 e. The zero-order valence-corrected chi connectivity index (χ0v) is 25.7. The Morgan fingerprint density at radius 3 is 2.45 bits per heavy atom. The lowest BCUT2D eigenvalue weighted by Gasteiger charge is -2.56. The largest absolute Gasteiger partial charge is 0.496 e. The van der Waals surface area contributed by atoms with Crippen LogP contribution in [0.1, 0.15) is 22.3 Å². The van der Waals surface area contributed by atoms with E-state index in [1.807, 2.05) is 48.7 Å². The van der Waals surface area contributed by atoms with Crippen LogP contribution in [0.5, 0.6) is 5.75 Å². The Balaban J connectivity index is 1.03. The predicted molar refractivity (Wildman–Crippen MR) is 174 cm³/mol. The molecule has 4 aromatic heterocycles. The van der Waals surface area contributed by atoms with Crippen molar-refractivity contribution < 1.29 is 13.9 Å². The normalized spacial score (nSPS) is 17.0. The number of halogens is 1. The van der Waals surface area contributed by atoms with Crippen molar-refractivity contribution in [3.63, 3.8) is 0 Å². The molecule has 2 bridgehead atoms. The summed E-state index contributed by atoms with van der Waals surface area (Å²) in [4.78, 5) is 22.7. The lowest BCUT2D eigenvalue weighted by atomic mass is 9.86. The summed E-state index contributed by atoms with van der Waals surface area (Å²) in [6.07, 6.45) is 9.97. The standard InChI is InChI=1S/C36H29FN8O2/c1-42-18-26(17-40-42)24-12-30(35-25(14-38)16-41-44(35)19-24)23-8-10-34(39-15-23)43-20-27-13-28(21-43)45(27)36(46)22-7-9-33(47-2)31(11-22)29-5-3-4-6-32(29)37/h3-12,15-19,27-28H,13,20-21H2,1-2H3. The minimum atomic E-state index is -0.369. The molecule has 2 aromatic carbocycles. The van der Waals surface area contributed by atoms with Gasteiger partial charge in [-0.25, -0.2) is 13.9 Å². The summed E-state index contributed by atoms with van der Waals surface area (Å²) in [6.45, 7) is 1.32. The molecule has 3 aliphatic rings. The molecule has 11 heteroatoms. The van der Waals surface area contributed by atoms with E-state index in [-0.39, 0.29) is 23.8 Å². The Bertz CT molecular complexity index is 2200. The fraction of sp³-hybridized carbons (Fsp3) is 0.194. The van der Waals surface area contributed by atoms with Gasteiger partial charge in [0.15, 0.2) is 0 Å². The van der Waals surface area contributed by atoms with E-state index in [0.717, 1.165) is 40.0 Å². The van der Waals surface area contributed by atoms with Gasteiger partial charge in [0.25, 0.3) is 5.91 Å². The number of piperazine rings is 1. The summed E-state index contributed by atoms with van der Waals surface area (Å²) in [5, 5.41) is 18.5. The van der Waals surface area contributed by atoms with Crippen LogP contribution in [0.4, 0.5) is 10.2 Å². The molecule has 10 nitrogen and oxygen atoms in total. The van der Waals surface area contributed by atoms with Crippen molar-refractivity contribution in [2.24, 2.45) is 7.05 Å². The molecule has 2 unspecified atom stereocenters. The Kier molecular flexibility index (Phi) is 6.72. The second kappa shape index (κ2) is 11.1. The van der Waals surface area contributed by atoms with Crippen LogP contribution in [-0.4, -0.2) is 67.5 Å². The number of fused-ring (bicyclic) bond motifs is 3. The zero-order chi connectivity index (χ0) is 32.2. The molecular weight excluding hydrogens is 595 g/mol. The van der Waals surface area contributed by atoms with Crippen molar-refractivity contribution in [1.29, 1.82) is 5.26 Å². The number of nitrogens with zero attached hydrogens (tertiary/aromatic N) is 8. The average molecular weight is 625 g/mol. The third kappa shape index (κ3) is 4.77. The van der Waals surface area contributed by atoms with Gasteiger partial charge in [-0.2, -0.15) is 15.5 Å². The highest BCUT2D eigenvalue weighted by molar-refractivity contribution is 5.97. The zero-order valence-electron chi connectivity index (χ0n) is 25.7. The molecule has 0 radical (unpaired) electrons. The summed E-state index contributed by atoms with van der Waals surface area (Å²) in [5.74, 6) is 0.904. The highest BCUT2D eigenvalue weighted by Crippen LogP contribution is 2.39. The Labute approximate surface area is 269 Å². The first-order valence-electron chi connectivity index (χ1n) is 15.3. The number of hydrogen-bond donors (Lipinski definition) is 0. The molecule has 0 spiro atoms. The van der Waals surface area contributed by atoms with Crippen LogP contribution < -0.4 is 9.64 Å². The van der Waals surface area contributed by atoms with Gasteiger partial charge in [0, 0.05) is 77.7 Å². The summed E-state index contributed by atoms with van der Waals surface area (Å²) < 4.78 is 23.6. The third-order valence-corrected chi connectivity index (χ3v) is 9.19. The van der Waals surface area contributed by atoms with E-state index in [4.69, 9.17) is 9.72 Å². The van der Waals surface area contributed by atoms with Gasteiger partial charge in [0.1, 0.15) is 23.5 Å². The van der Waals surface area contributed by atoms with Gasteiger partial charge >= 0.3 is 0 Å². The highest BCUT2D eigenvalue weighted by atomic mass is 19.1. The number of pyridine rings is 2. The van der Waals surface area contributed by atoms with E-state index < -0.39 is 0 Å². The Morgan fingerprint density at radius 2 is 1.74 bits per heavy atom. The molecule has 47 heavy (non-hydrogen) atoms. The lowest BCUT2D eigenvalue weighted by molar-refractivity contribution is 0.00577. The molecule has 2 atom stereocenters. The fourth-order valence-electron chi connectivity index (χ4n) is 6.89. The van der Waals surface area contributed by atoms with Gasteiger partial charge in [-0.05, 0) is 48.9 Å². The summed E-state index contributed by atoms with van der Waals surface area (Å²) in [6, 6.07) is 20.1. The van der Waals surface area contributed by atoms with Crippen LogP contribution in [-0.2, 0) is 7.05 Å². The predicted octanol–water partition coefficient (Wildman–Crippen LogP) is 5.59. The van der Waals surface area contributed by atoms with Crippen LogP contribution in [0.25, 0.3) is 38.9 Å². The molecule has 0 aliphatic carbocycles. The van der Waals surface area contributed by atoms with Crippen molar-refractivity contribution in [2.45, 2.75) is 18.5 Å². The summed E-state index contributed by atoms with van der Waals surface area (Å²) in [5.41, 5.74) is 6.25. The maximum atomic E-state index is 14.7. The number of benzene rings is 2. The molecule has 3 saturated heterocycles. The number of hydrogen-bond acceptors (Lipinski definition) is 7. The van der Waals surface area contributed by atoms with Crippen LogP contribution in [0.2, 0.25) is 0 Å². The van der Waals surface area contributed by atoms with Crippen molar-refractivity contribution in [3.05, 3.63) is 109 Å². The fourth-order valence-corrected chi connectivity index (χ4v) is 6.89. The number of nitriles is 1. The second-order valence-electron chi connectivity index (χ2n) is 12.0. The number of methoxy groups -OCH3 is 1. The summed E-state index contributed by atoms with van der Waals surface area (Å²) >= 11 is 0.